The van der Waals surface area contributed by atoms with Crippen molar-refractivity contribution in [2.45, 2.75) is 384 Å². The molecule has 0 radical (unpaired) electrons. The van der Waals surface area contributed by atoms with Gasteiger partial charge in [-0.1, -0.05) is 369 Å². The van der Waals surface area contributed by atoms with Crippen LogP contribution in [0.3, 0.4) is 0 Å². The molecule has 0 saturated heterocycles. The number of nitrogens with zero attached hydrogens (tertiary/aromatic N) is 7. The van der Waals surface area contributed by atoms with E-state index in [1.807, 2.05) is 29.9 Å². The van der Waals surface area contributed by atoms with Gasteiger partial charge in [0.05, 0.1) is 23.7 Å². The Balaban J connectivity index is -0.000000185. The van der Waals surface area contributed by atoms with E-state index in [4.69, 9.17) is 13.4 Å². The van der Waals surface area contributed by atoms with E-state index in [2.05, 4.69) is 408 Å². The van der Waals surface area contributed by atoms with Gasteiger partial charge in [0.1, 0.15) is 12.1 Å². The molecule has 0 unspecified atom stereocenters. The zero-order chi connectivity index (χ0) is 79.8. The highest BCUT2D eigenvalue weighted by Gasteiger charge is 2.28. The lowest BCUT2D eigenvalue weighted by molar-refractivity contribution is 0.314. The summed E-state index contributed by atoms with van der Waals surface area (Å²) in [5, 5.41) is 15.3. The van der Waals surface area contributed by atoms with Gasteiger partial charge in [0.15, 0.2) is 11.7 Å². The largest absolute Gasteiger partial charge is 0.473 e. The van der Waals surface area contributed by atoms with Gasteiger partial charge >= 0.3 is 0 Å². The number of hydrogen-bond donors (Lipinski definition) is 1. The maximum Gasteiger partial charge on any atom is 0.232 e. The topological polar surface area (TPSA) is 159 Å². The van der Waals surface area contributed by atoms with Gasteiger partial charge in [0.2, 0.25) is 17.7 Å². The molecule has 6 aromatic rings. The molecule has 0 aromatic carbocycles. The van der Waals surface area contributed by atoms with Gasteiger partial charge in [-0.05, 0) is 56.5 Å². The van der Waals surface area contributed by atoms with Gasteiger partial charge < -0.3 is 22.8 Å². The SMILES string of the molecule is C1=CCC=C1.CC(C)(C)C.CC(C)(C)C.CC(C)(C)C.CC(C)(C)C.CC(C)(C)C.CC(C)(C)C.CC(C)(C)C.CC(C)(C)c1ncc[nH]1.CC(C)(C)c1ncco1.CC(C)(C)c1nccs1.CC(C)(C)c1nnc(C(C)(C)C)o1.CC(C)(C)c1noc(C(C)(C)C)n1.c1ccoc1. The second-order valence-electron chi connectivity index (χ2n) is 43.1. The van der Waals surface area contributed by atoms with E-state index in [0.29, 0.717) is 55.6 Å². The van der Waals surface area contributed by atoms with Crippen LogP contribution in [0.1, 0.15) is 386 Å². The van der Waals surface area contributed by atoms with Crippen molar-refractivity contribution in [2.24, 2.45) is 37.9 Å². The average Bonchev–Trinajstić information content (AvgIpc) is 1.70. The zero-order valence-electron chi connectivity index (χ0n) is 74.0. The first-order chi connectivity index (χ1) is 42.7. The van der Waals surface area contributed by atoms with Gasteiger partial charge in [0, 0.05) is 61.9 Å². The van der Waals surface area contributed by atoms with Gasteiger partial charge in [-0.15, -0.1) is 21.5 Å². The second kappa shape index (κ2) is 46.6. The Bertz CT molecular complexity index is 2350. The van der Waals surface area contributed by atoms with Gasteiger partial charge in [0.25, 0.3) is 0 Å². The third kappa shape index (κ3) is 99.8. The first kappa shape index (κ1) is 107. The van der Waals surface area contributed by atoms with Crippen molar-refractivity contribution in [1.82, 2.24) is 40.3 Å². The van der Waals surface area contributed by atoms with Crippen molar-refractivity contribution in [1.29, 1.82) is 0 Å². The van der Waals surface area contributed by atoms with Gasteiger partial charge in [-0.2, -0.15) is 4.98 Å². The maximum absolute atomic E-state index is 5.59. The molecule has 6 heterocycles. The minimum absolute atomic E-state index is 0.0347. The van der Waals surface area contributed by atoms with Crippen molar-refractivity contribution >= 4 is 11.3 Å². The molecule has 574 valence electrons. The van der Waals surface area contributed by atoms with Gasteiger partial charge in [-0.3, -0.25) is 0 Å². The smallest absolute Gasteiger partial charge is 0.232 e. The minimum atomic E-state index is -0.0590. The monoisotopic (exact) mass is 1390 g/mol. The number of H-pyrrole nitrogens is 1. The molecule has 13 heteroatoms. The standard InChI is InChI=1S/2C10H18N2O.C7H12N2.C7H11NO.C7H11NS.C5H6.7C5H12.C4H4O/c1-9(2,3)7-11-12-8(13-7)10(4,5)6;1-9(2,3)7-11-8(13-12-7)10(4,5)6;3*1-7(2,3)6-8-4-5-9-6;1-2-4-5-3-1;7*1-5(2,3)4;1-2-4-5-3-1/h2*1-6H3;4-5H,1-3H3,(H,8,9);2*4-5H,1-3H3;1-4H,5H2;7*1-4H3;1-4H. The molecule has 98 heavy (non-hydrogen) atoms. The van der Waals surface area contributed by atoms with Crippen LogP contribution in [0.4, 0.5) is 0 Å². The number of aromatic amines is 1. The Morgan fingerprint density at radius 1 is 0.347 bits per heavy atom. The third-order valence-electron chi connectivity index (χ3n) is 7.88. The van der Waals surface area contributed by atoms with Gasteiger partial charge in [-0.25, -0.2) is 15.0 Å². The number of imidazole rings is 1. The zero-order valence-corrected chi connectivity index (χ0v) is 74.8. The Morgan fingerprint density at radius 2 is 0.684 bits per heavy atom. The van der Waals surface area contributed by atoms with E-state index < -0.39 is 0 Å². The van der Waals surface area contributed by atoms with Crippen LogP contribution in [-0.2, 0) is 37.9 Å². The van der Waals surface area contributed by atoms with Crippen molar-refractivity contribution in [3.05, 3.63) is 126 Å². The first-order valence-electron chi connectivity index (χ1n) is 35.5. The number of furan rings is 1. The van der Waals surface area contributed by atoms with E-state index in [1.165, 1.54) is 5.01 Å². The lowest BCUT2D eigenvalue weighted by Crippen LogP contribution is -2.15. The molecule has 6 aromatic heterocycles. The molecule has 0 saturated carbocycles. The molecule has 1 aliphatic rings. The summed E-state index contributed by atoms with van der Waals surface area (Å²) in [6.07, 6.45) is 21.5. The Hall–Kier alpha value is -4.91. The predicted octanol–water partition coefficient (Wildman–Crippen LogP) is 28.6. The summed E-state index contributed by atoms with van der Waals surface area (Å²) < 4.78 is 20.5. The van der Waals surface area contributed by atoms with Crippen molar-refractivity contribution in [2.75, 3.05) is 0 Å². The summed E-state index contributed by atoms with van der Waals surface area (Å²) in [4.78, 5) is 19.8. The number of thiazole rings is 1. The van der Waals surface area contributed by atoms with Crippen LogP contribution in [0.2, 0.25) is 0 Å². The van der Waals surface area contributed by atoms with E-state index >= 15 is 0 Å². The molecule has 0 bridgehead atoms. The molecule has 0 spiro atoms. The molecule has 0 amide bonds. The lowest BCUT2D eigenvalue weighted by Gasteiger charge is -2.14. The summed E-state index contributed by atoms with van der Waals surface area (Å²) in [6, 6.07) is 3.67. The molecule has 7 rings (SSSR count). The van der Waals surface area contributed by atoms with Crippen LogP contribution in [-0.4, -0.2) is 40.3 Å². The maximum atomic E-state index is 5.59. The molecule has 12 nitrogen and oxygen atoms in total. The summed E-state index contributed by atoms with van der Waals surface area (Å²) in [5.41, 5.74) is 3.72. The van der Waals surface area contributed by atoms with Crippen LogP contribution in [0.15, 0.2) is 103 Å². The van der Waals surface area contributed by atoms with E-state index in [0.717, 1.165) is 24.0 Å². The lowest BCUT2D eigenvalue weighted by atomic mass is 9.94. The fourth-order valence-corrected chi connectivity index (χ4v) is 4.87. The number of nitrogens with one attached hydrogen (secondary N) is 1. The summed E-state index contributed by atoms with van der Waals surface area (Å²) in [7, 11) is 0. The van der Waals surface area contributed by atoms with E-state index in [-0.39, 0.29) is 37.9 Å². The molecule has 1 N–H and O–H groups in total. The highest BCUT2D eigenvalue weighted by Crippen LogP contribution is 2.28. The number of hydrogen-bond acceptors (Lipinski definition) is 12. The molecule has 0 fully saturated rings. The number of aromatic nitrogens is 8. The summed E-state index contributed by atoms with van der Waals surface area (Å²) in [5.74, 6) is 4.73. The predicted molar refractivity (Wildman–Crippen MR) is 434 cm³/mol. The quantitative estimate of drug-likeness (QED) is 0.154. The molecule has 0 aliphatic heterocycles. The number of allylic oxidation sites excluding steroid dienone is 4. The van der Waals surface area contributed by atoms with Crippen LogP contribution in [0.25, 0.3) is 0 Å². The molecular weight excluding hydrogens is 1230 g/mol. The highest BCUT2D eigenvalue weighted by atomic mass is 32.1. The fourth-order valence-electron chi connectivity index (χ4n) is 4.14. The number of oxazole rings is 1. The van der Waals surface area contributed by atoms with Crippen LogP contribution in [0, 0.1) is 37.9 Å². The normalized spacial score (nSPS) is 12.4. The summed E-state index contributed by atoms with van der Waals surface area (Å²) >= 11 is 1.72. The summed E-state index contributed by atoms with van der Waals surface area (Å²) in [6.45, 7) is 105. The fraction of sp³-hybridized carbons (Fsp3) is 0.753. The highest BCUT2D eigenvalue weighted by molar-refractivity contribution is 7.09. The molecule has 0 atom stereocenters. The van der Waals surface area contributed by atoms with Crippen molar-refractivity contribution in [3.8, 4) is 0 Å². The molecular formula is C85H164N8O4S. The van der Waals surface area contributed by atoms with Crippen LogP contribution < -0.4 is 0 Å². The van der Waals surface area contributed by atoms with Crippen molar-refractivity contribution < 1.29 is 17.8 Å². The Labute approximate surface area is 613 Å². The second-order valence-corrected chi connectivity index (χ2v) is 44.0. The van der Waals surface area contributed by atoms with Crippen molar-refractivity contribution in [3.63, 3.8) is 0 Å². The minimum Gasteiger partial charge on any atom is -0.473 e. The average molecular weight is 1390 g/mol. The number of rotatable bonds is 0. The Kier molecular flexibility index (Phi) is 50.6. The van der Waals surface area contributed by atoms with Crippen LogP contribution in [0.5, 0.6) is 0 Å². The van der Waals surface area contributed by atoms with E-state index in [1.54, 1.807) is 42.5 Å². The Morgan fingerprint density at radius 3 is 0.816 bits per heavy atom. The first-order valence-corrected chi connectivity index (χ1v) is 36.4. The third-order valence-corrected chi connectivity index (χ3v) is 9.08. The molecule has 1 aliphatic carbocycles. The van der Waals surface area contributed by atoms with Crippen LogP contribution >= 0.6 is 11.3 Å². The van der Waals surface area contributed by atoms with E-state index in [9.17, 15) is 0 Å².